The van der Waals surface area contributed by atoms with Gasteiger partial charge in [0.2, 0.25) is 5.91 Å². The van der Waals surface area contributed by atoms with E-state index in [0.29, 0.717) is 0 Å². The molecule has 0 saturated heterocycles. The molecule has 0 aliphatic heterocycles. The second-order valence-corrected chi connectivity index (χ2v) is 5.01. The highest BCUT2D eigenvalue weighted by Crippen LogP contribution is 2.23. The molecule has 0 fully saturated rings. The van der Waals surface area contributed by atoms with Gasteiger partial charge in [-0.15, -0.1) is 0 Å². The number of nitrogens with zero attached hydrogens (tertiary/aromatic N) is 1. The van der Waals surface area contributed by atoms with Gasteiger partial charge in [-0.3, -0.25) is 4.79 Å². The lowest BCUT2D eigenvalue weighted by Crippen LogP contribution is -2.42. The number of rotatable bonds is 6. The van der Waals surface area contributed by atoms with Gasteiger partial charge in [0.25, 0.3) is 0 Å². The number of carbonyl (C=O) groups excluding carboxylic acids is 1. The number of hydrogen-bond acceptors (Lipinski definition) is 1. The van der Waals surface area contributed by atoms with Gasteiger partial charge in [0.15, 0.2) is 0 Å². The van der Waals surface area contributed by atoms with E-state index in [4.69, 9.17) is 0 Å². The summed E-state index contributed by atoms with van der Waals surface area (Å²) in [5.74, 6) is 0.279. The molecule has 2 nitrogen and oxygen atoms in total. The molecule has 1 amide bonds. The summed E-state index contributed by atoms with van der Waals surface area (Å²) in [6, 6.07) is 0. The van der Waals surface area contributed by atoms with Crippen LogP contribution < -0.4 is 0 Å². The molecule has 0 rings (SSSR count). The molecule has 0 heterocycles. The second-order valence-electron chi connectivity index (χ2n) is 4.22. The van der Waals surface area contributed by atoms with Gasteiger partial charge < -0.3 is 4.90 Å². The lowest BCUT2D eigenvalue weighted by atomic mass is 9.88. The van der Waals surface area contributed by atoms with E-state index in [2.05, 4.69) is 29.8 Å². The predicted octanol–water partition coefficient (Wildman–Crippen LogP) is 3.06. The molecular formula is C11H22BrNO. The van der Waals surface area contributed by atoms with Gasteiger partial charge in [0, 0.05) is 23.8 Å². The first kappa shape index (κ1) is 13.9. The molecule has 0 aromatic heterocycles. The van der Waals surface area contributed by atoms with Crippen LogP contribution in [-0.4, -0.2) is 29.2 Å². The van der Waals surface area contributed by atoms with Crippen molar-refractivity contribution in [3.8, 4) is 0 Å². The van der Waals surface area contributed by atoms with Crippen LogP contribution in [0, 0.1) is 5.41 Å². The minimum atomic E-state index is -0.211. The minimum absolute atomic E-state index is 0.211. The Bertz CT molecular complexity index is 174. The van der Waals surface area contributed by atoms with Crippen molar-refractivity contribution >= 4 is 21.8 Å². The topological polar surface area (TPSA) is 20.3 Å². The summed E-state index contributed by atoms with van der Waals surface area (Å²) in [7, 11) is 0. The minimum Gasteiger partial charge on any atom is -0.341 e. The maximum absolute atomic E-state index is 12.1. The van der Waals surface area contributed by atoms with Crippen molar-refractivity contribution in [2.24, 2.45) is 5.41 Å². The average Bonchev–Trinajstić information content (AvgIpc) is 2.16. The van der Waals surface area contributed by atoms with Crippen molar-refractivity contribution < 1.29 is 4.79 Å². The lowest BCUT2D eigenvalue weighted by molar-refractivity contribution is -0.140. The van der Waals surface area contributed by atoms with E-state index in [9.17, 15) is 4.79 Å². The highest BCUT2D eigenvalue weighted by Gasteiger charge is 2.29. The van der Waals surface area contributed by atoms with E-state index in [-0.39, 0.29) is 11.3 Å². The number of hydrogen-bond donors (Lipinski definition) is 0. The molecular weight excluding hydrogens is 242 g/mol. The van der Waals surface area contributed by atoms with Crippen molar-refractivity contribution in [2.75, 3.05) is 18.4 Å². The Morgan fingerprint density at radius 2 is 1.86 bits per heavy atom. The van der Waals surface area contributed by atoms with Crippen LogP contribution in [0.15, 0.2) is 0 Å². The quantitative estimate of drug-likeness (QED) is 0.675. The van der Waals surface area contributed by atoms with Crippen molar-refractivity contribution in [1.82, 2.24) is 4.90 Å². The molecule has 0 aromatic carbocycles. The first-order chi connectivity index (χ1) is 6.49. The molecule has 0 bridgehead atoms. The highest BCUT2D eigenvalue weighted by molar-refractivity contribution is 9.09. The van der Waals surface area contributed by atoms with Crippen molar-refractivity contribution in [3.05, 3.63) is 0 Å². The number of halogens is 1. The Labute approximate surface area is 96.2 Å². The zero-order chi connectivity index (χ0) is 11.2. The summed E-state index contributed by atoms with van der Waals surface area (Å²) < 4.78 is 0. The Balaban J connectivity index is 4.41. The molecule has 84 valence electrons. The number of carbonyl (C=O) groups is 1. The Morgan fingerprint density at radius 3 is 2.21 bits per heavy atom. The van der Waals surface area contributed by atoms with E-state index >= 15 is 0 Å². The summed E-state index contributed by atoms with van der Waals surface area (Å²) in [5, 5.41) is 0.860. The van der Waals surface area contributed by atoms with Crippen molar-refractivity contribution in [2.45, 2.75) is 40.5 Å². The number of alkyl halides is 1. The zero-order valence-corrected chi connectivity index (χ0v) is 11.4. The van der Waals surface area contributed by atoms with E-state index < -0.39 is 0 Å². The third kappa shape index (κ3) is 3.99. The molecule has 0 aromatic rings. The van der Waals surface area contributed by atoms with Crippen LogP contribution in [0.2, 0.25) is 0 Å². The van der Waals surface area contributed by atoms with Crippen LogP contribution in [0.4, 0.5) is 0 Å². The standard InChI is InChI=1S/C11H22BrNO/c1-5-8-13(9-7-12)10(14)11(3,4)6-2/h5-9H2,1-4H3. The fourth-order valence-electron chi connectivity index (χ4n) is 1.27. The second kappa shape index (κ2) is 6.44. The number of amides is 1. The van der Waals surface area contributed by atoms with Gasteiger partial charge >= 0.3 is 0 Å². The van der Waals surface area contributed by atoms with E-state index in [1.807, 2.05) is 18.7 Å². The summed E-state index contributed by atoms with van der Waals surface area (Å²) >= 11 is 3.38. The third-order valence-electron chi connectivity index (χ3n) is 2.60. The molecule has 0 unspecified atom stereocenters. The predicted molar refractivity (Wildman–Crippen MR) is 64.7 cm³/mol. The Kier molecular flexibility index (Phi) is 6.41. The monoisotopic (exact) mass is 263 g/mol. The molecule has 3 heteroatoms. The van der Waals surface area contributed by atoms with Gasteiger partial charge in [0.05, 0.1) is 0 Å². The van der Waals surface area contributed by atoms with Crippen LogP contribution >= 0.6 is 15.9 Å². The van der Waals surface area contributed by atoms with Gasteiger partial charge in [-0.2, -0.15) is 0 Å². The lowest BCUT2D eigenvalue weighted by Gasteiger charge is -2.30. The van der Waals surface area contributed by atoms with Gasteiger partial charge in [0.1, 0.15) is 0 Å². The molecule has 0 spiro atoms. The highest BCUT2D eigenvalue weighted by atomic mass is 79.9. The van der Waals surface area contributed by atoms with Crippen LogP contribution in [0.25, 0.3) is 0 Å². The normalized spacial score (nSPS) is 11.5. The largest absolute Gasteiger partial charge is 0.341 e. The van der Waals surface area contributed by atoms with Crippen LogP contribution in [0.3, 0.4) is 0 Å². The Morgan fingerprint density at radius 1 is 1.29 bits per heavy atom. The fourth-order valence-corrected chi connectivity index (χ4v) is 1.69. The molecule has 0 radical (unpaired) electrons. The van der Waals surface area contributed by atoms with Crippen LogP contribution in [0.1, 0.15) is 40.5 Å². The van der Waals surface area contributed by atoms with Gasteiger partial charge in [-0.05, 0) is 12.8 Å². The van der Waals surface area contributed by atoms with E-state index in [1.54, 1.807) is 0 Å². The summed E-state index contributed by atoms with van der Waals surface area (Å²) in [4.78, 5) is 14.0. The summed E-state index contributed by atoms with van der Waals surface area (Å²) in [5.41, 5.74) is -0.211. The first-order valence-electron chi connectivity index (χ1n) is 5.35. The maximum Gasteiger partial charge on any atom is 0.228 e. The zero-order valence-electron chi connectivity index (χ0n) is 9.77. The molecule has 0 aliphatic rings. The summed E-state index contributed by atoms with van der Waals surface area (Å²) in [6.45, 7) is 9.89. The Hall–Kier alpha value is -0.0500. The average molecular weight is 264 g/mol. The van der Waals surface area contributed by atoms with E-state index in [0.717, 1.165) is 31.3 Å². The van der Waals surface area contributed by atoms with Gasteiger partial charge in [-0.25, -0.2) is 0 Å². The molecule has 0 N–H and O–H groups in total. The third-order valence-corrected chi connectivity index (χ3v) is 2.95. The van der Waals surface area contributed by atoms with Crippen molar-refractivity contribution in [3.63, 3.8) is 0 Å². The first-order valence-corrected chi connectivity index (χ1v) is 6.47. The SMILES string of the molecule is CCCN(CCBr)C(=O)C(C)(C)CC. The molecule has 0 saturated carbocycles. The van der Waals surface area contributed by atoms with Crippen LogP contribution in [-0.2, 0) is 4.79 Å². The van der Waals surface area contributed by atoms with E-state index in [1.165, 1.54) is 0 Å². The molecule has 14 heavy (non-hydrogen) atoms. The van der Waals surface area contributed by atoms with Crippen molar-refractivity contribution in [1.29, 1.82) is 0 Å². The van der Waals surface area contributed by atoms with Gasteiger partial charge in [-0.1, -0.05) is 43.6 Å². The fraction of sp³-hybridized carbons (Fsp3) is 0.909. The maximum atomic E-state index is 12.1. The molecule has 0 atom stereocenters. The smallest absolute Gasteiger partial charge is 0.228 e. The van der Waals surface area contributed by atoms with Crippen LogP contribution in [0.5, 0.6) is 0 Å². The molecule has 0 aliphatic carbocycles. The summed E-state index contributed by atoms with van der Waals surface area (Å²) in [6.07, 6.45) is 1.92.